The van der Waals surface area contributed by atoms with Crippen LogP contribution in [0.25, 0.3) is 0 Å². The molecule has 0 spiro atoms. The van der Waals surface area contributed by atoms with Gasteiger partial charge in [-0.2, -0.15) is 0 Å². The van der Waals surface area contributed by atoms with Crippen molar-refractivity contribution in [3.8, 4) is 0 Å². The van der Waals surface area contributed by atoms with Crippen molar-refractivity contribution in [3.05, 3.63) is 18.6 Å². The highest BCUT2D eigenvalue weighted by atomic mass is 32.2. The summed E-state index contributed by atoms with van der Waals surface area (Å²) in [7, 11) is 2.08. The van der Waals surface area contributed by atoms with Crippen LogP contribution in [-0.4, -0.2) is 28.8 Å². The van der Waals surface area contributed by atoms with Gasteiger partial charge >= 0.3 is 0 Å². The van der Waals surface area contributed by atoms with Crippen molar-refractivity contribution in [2.75, 3.05) is 12.8 Å². The van der Waals surface area contributed by atoms with E-state index in [9.17, 15) is 0 Å². The van der Waals surface area contributed by atoms with Gasteiger partial charge in [0.05, 0.1) is 6.20 Å². The highest BCUT2D eigenvalue weighted by molar-refractivity contribution is 7.99. The Bertz CT molecular complexity index is 312. The van der Waals surface area contributed by atoms with Crippen molar-refractivity contribution in [1.82, 2.24) is 15.3 Å². The monoisotopic (exact) mass is 251 g/mol. The molecule has 1 atom stereocenters. The Hall–Kier alpha value is -0.610. The lowest BCUT2D eigenvalue weighted by Crippen LogP contribution is -2.36. The average molecular weight is 251 g/mol. The van der Waals surface area contributed by atoms with Gasteiger partial charge in [0.15, 0.2) is 0 Å². The predicted octanol–water partition coefficient (Wildman–Crippen LogP) is 2.74. The molecule has 3 nitrogen and oxygen atoms in total. The molecule has 4 heteroatoms. The number of hydrogen-bond acceptors (Lipinski definition) is 4. The summed E-state index contributed by atoms with van der Waals surface area (Å²) in [5, 5.41) is 4.50. The van der Waals surface area contributed by atoms with Crippen LogP contribution in [0.15, 0.2) is 23.6 Å². The fourth-order valence-electron chi connectivity index (χ4n) is 2.53. The third kappa shape index (κ3) is 3.96. The van der Waals surface area contributed by atoms with Gasteiger partial charge in [-0.25, -0.2) is 4.98 Å². The van der Waals surface area contributed by atoms with Gasteiger partial charge in [-0.3, -0.25) is 4.98 Å². The lowest BCUT2D eigenvalue weighted by Gasteiger charge is -2.29. The van der Waals surface area contributed by atoms with Crippen LogP contribution in [0.5, 0.6) is 0 Å². The van der Waals surface area contributed by atoms with Gasteiger partial charge in [-0.05, 0) is 25.8 Å². The molecular weight excluding hydrogens is 230 g/mol. The van der Waals surface area contributed by atoms with Crippen molar-refractivity contribution in [1.29, 1.82) is 0 Å². The van der Waals surface area contributed by atoms with E-state index in [0.717, 1.165) is 16.7 Å². The van der Waals surface area contributed by atoms with Crippen LogP contribution in [-0.2, 0) is 0 Å². The van der Waals surface area contributed by atoms with Gasteiger partial charge in [-0.15, -0.1) is 11.8 Å². The fourth-order valence-corrected chi connectivity index (χ4v) is 3.59. The molecule has 1 heterocycles. The molecule has 1 aliphatic carbocycles. The normalized spacial score (nSPS) is 19.1. The second kappa shape index (κ2) is 6.97. The topological polar surface area (TPSA) is 37.8 Å². The van der Waals surface area contributed by atoms with Crippen LogP contribution >= 0.6 is 11.8 Å². The SMILES string of the molecule is CNC(CSc1cnccn1)C1CCCCC1. The van der Waals surface area contributed by atoms with E-state index in [1.54, 1.807) is 12.4 Å². The molecule has 1 fully saturated rings. The minimum absolute atomic E-state index is 0.613. The van der Waals surface area contributed by atoms with Crippen molar-refractivity contribution < 1.29 is 0 Å². The third-order valence-electron chi connectivity index (χ3n) is 3.54. The maximum absolute atomic E-state index is 4.30. The van der Waals surface area contributed by atoms with Crippen LogP contribution in [0.1, 0.15) is 32.1 Å². The molecule has 1 unspecified atom stereocenters. The first-order valence-corrected chi connectivity index (χ1v) is 7.45. The fraction of sp³-hybridized carbons (Fsp3) is 0.692. The summed E-state index contributed by atoms with van der Waals surface area (Å²) in [5.74, 6) is 1.94. The Morgan fingerprint density at radius 2 is 2.18 bits per heavy atom. The Kier molecular flexibility index (Phi) is 5.26. The van der Waals surface area contributed by atoms with Crippen molar-refractivity contribution >= 4 is 11.8 Å². The molecule has 0 bridgehead atoms. The van der Waals surface area contributed by atoms with E-state index in [4.69, 9.17) is 0 Å². The Labute approximate surface area is 108 Å². The van der Waals surface area contributed by atoms with Crippen molar-refractivity contribution in [2.24, 2.45) is 5.92 Å². The smallest absolute Gasteiger partial charge is 0.114 e. The zero-order chi connectivity index (χ0) is 11.9. The maximum atomic E-state index is 4.30. The number of hydrogen-bond donors (Lipinski definition) is 1. The molecule has 1 saturated carbocycles. The molecular formula is C13H21N3S. The quantitative estimate of drug-likeness (QED) is 0.817. The molecule has 1 aromatic rings. The highest BCUT2D eigenvalue weighted by Gasteiger charge is 2.22. The first-order valence-electron chi connectivity index (χ1n) is 6.46. The van der Waals surface area contributed by atoms with Crippen LogP contribution in [0, 0.1) is 5.92 Å². The summed E-state index contributed by atoms with van der Waals surface area (Å²) < 4.78 is 0. The lowest BCUT2D eigenvalue weighted by molar-refractivity contribution is 0.294. The van der Waals surface area contributed by atoms with Crippen LogP contribution < -0.4 is 5.32 Å². The predicted molar refractivity (Wildman–Crippen MR) is 72.2 cm³/mol. The second-order valence-corrected chi connectivity index (χ2v) is 5.69. The molecule has 0 aliphatic heterocycles. The number of aromatic nitrogens is 2. The maximum Gasteiger partial charge on any atom is 0.114 e. The summed E-state index contributed by atoms with van der Waals surface area (Å²) in [6, 6.07) is 0.613. The van der Waals surface area contributed by atoms with E-state index in [0.29, 0.717) is 6.04 Å². The van der Waals surface area contributed by atoms with Crippen LogP contribution in [0.4, 0.5) is 0 Å². The van der Waals surface area contributed by atoms with Crippen molar-refractivity contribution in [2.45, 2.75) is 43.2 Å². The Morgan fingerprint density at radius 3 is 2.82 bits per heavy atom. The van der Waals surface area contributed by atoms with Crippen molar-refractivity contribution in [3.63, 3.8) is 0 Å². The number of thioether (sulfide) groups is 1. The summed E-state index contributed by atoms with van der Waals surface area (Å²) >= 11 is 1.81. The molecule has 0 amide bonds. The Morgan fingerprint density at radius 1 is 1.35 bits per heavy atom. The molecule has 94 valence electrons. The zero-order valence-corrected chi connectivity index (χ0v) is 11.2. The van der Waals surface area contributed by atoms with Gasteiger partial charge < -0.3 is 5.32 Å². The highest BCUT2D eigenvalue weighted by Crippen LogP contribution is 2.28. The molecule has 1 N–H and O–H groups in total. The minimum Gasteiger partial charge on any atom is -0.316 e. The standard InChI is InChI=1S/C13H21N3S/c1-14-12(11-5-3-2-4-6-11)10-17-13-9-15-7-8-16-13/h7-9,11-12,14H,2-6,10H2,1H3. The van der Waals surface area contributed by atoms with E-state index in [-0.39, 0.29) is 0 Å². The van der Waals surface area contributed by atoms with E-state index >= 15 is 0 Å². The van der Waals surface area contributed by atoms with Gasteiger partial charge in [0.25, 0.3) is 0 Å². The molecule has 17 heavy (non-hydrogen) atoms. The molecule has 1 aromatic heterocycles. The molecule has 0 aromatic carbocycles. The summed E-state index contributed by atoms with van der Waals surface area (Å²) in [4.78, 5) is 8.40. The van der Waals surface area contributed by atoms with Gasteiger partial charge in [-0.1, -0.05) is 19.3 Å². The average Bonchev–Trinajstić information content (AvgIpc) is 2.42. The summed E-state index contributed by atoms with van der Waals surface area (Å²) in [5.41, 5.74) is 0. The van der Waals surface area contributed by atoms with E-state index in [1.807, 2.05) is 18.0 Å². The number of nitrogens with one attached hydrogen (secondary N) is 1. The van der Waals surface area contributed by atoms with Crippen LogP contribution in [0.3, 0.4) is 0 Å². The number of nitrogens with zero attached hydrogens (tertiary/aromatic N) is 2. The zero-order valence-electron chi connectivity index (χ0n) is 10.4. The first-order chi connectivity index (χ1) is 8.40. The largest absolute Gasteiger partial charge is 0.316 e. The Balaban J connectivity index is 1.82. The van der Waals surface area contributed by atoms with Gasteiger partial charge in [0.2, 0.25) is 0 Å². The first kappa shape index (κ1) is 12.8. The lowest BCUT2D eigenvalue weighted by atomic mass is 9.84. The van der Waals surface area contributed by atoms with Gasteiger partial charge in [0, 0.05) is 24.2 Å². The minimum atomic E-state index is 0.613. The molecule has 0 radical (unpaired) electrons. The molecule has 0 saturated heterocycles. The van der Waals surface area contributed by atoms with E-state index in [1.165, 1.54) is 32.1 Å². The second-order valence-electron chi connectivity index (χ2n) is 4.65. The summed E-state index contributed by atoms with van der Waals surface area (Å²) in [6.45, 7) is 0. The van der Waals surface area contributed by atoms with Gasteiger partial charge in [0.1, 0.15) is 5.03 Å². The van der Waals surface area contributed by atoms with Crippen LogP contribution in [0.2, 0.25) is 0 Å². The molecule has 1 aliphatic rings. The third-order valence-corrected chi connectivity index (χ3v) is 4.57. The molecule has 2 rings (SSSR count). The summed E-state index contributed by atoms with van der Waals surface area (Å²) in [6.07, 6.45) is 12.3. The number of rotatable bonds is 5. The van der Waals surface area contributed by atoms with E-state index < -0.39 is 0 Å². The van der Waals surface area contributed by atoms with E-state index in [2.05, 4.69) is 22.3 Å².